The van der Waals surface area contributed by atoms with Gasteiger partial charge in [0.2, 0.25) is 11.8 Å². The number of nitrogens with one attached hydrogen (secondary N) is 1. The summed E-state index contributed by atoms with van der Waals surface area (Å²) >= 11 is 6.44. The first-order valence-electron chi connectivity index (χ1n) is 12.6. The van der Waals surface area contributed by atoms with Gasteiger partial charge in [-0.25, -0.2) is 0 Å². The van der Waals surface area contributed by atoms with Crippen molar-refractivity contribution in [2.45, 2.75) is 57.8 Å². The van der Waals surface area contributed by atoms with Gasteiger partial charge in [0, 0.05) is 40.8 Å². The van der Waals surface area contributed by atoms with Crippen LogP contribution >= 0.6 is 11.6 Å². The van der Waals surface area contributed by atoms with E-state index in [-0.39, 0.29) is 18.8 Å². The summed E-state index contributed by atoms with van der Waals surface area (Å²) in [6.07, 6.45) is -5.98. The molecule has 0 unspecified atom stereocenters. The van der Waals surface area contributed by atoms with Gasteiger partial charge >= 0.3 is 6.18 Å². The van der Waals surface area contributed by atoms with Crippen molar-refractivity contribution >= 4 is 34.9 Å². The Hall–Kier alpha value is -3.20. The molecule has 10 heteroatoms. The molecule has 2 aliphatic rings. The van der Waals surface area contributed by atoms with Crippen LogP contribution in [0.3, 0.4) is 0 Å². The fourth-order valence-corrected chi connectivity index (χ4v) is 5.18. The topological polar surface area (TPSA) is 102 Å². The molecule has 3 atom stereocenters. The minimum atomic E-state index is -4.52. The van der Waals surface area contributed by atoms with Gasteiger partial charge in [-0.1, -0.05) is 60.8 Å². The van der Waals surface area contributed by atoms with E-state index in [4.69, 9.17) is 17.3 Å². The maximum atomic E-state index is 13.5. The zero-order valence-electron chi connectivity index (χ0n) is 20.9. The zero-order valence-corrected chi connectivity index (χ0v) is 21.6. The van der Waals surface area contributed by atoms with Crippen LogP contribution in [0.25, 0.3) is 0 Å². The van der Waals surface area contributed by atoms with Gasteiger partial charge in [0.1, 0.15) is 0 Å². The van der Waals surface area contributed by atoms with Crippen LogP contribution in [0.1, 0.15) is 54.4 Å². The van der Waals surface area contributed by atoms with E-state index in [2.05, 4.69) is 10.3 Å². The highest BCUT2D eigenvalue weighted by atomic mass is 35.5. The molecule has 2 amide bonds. The lowest BCUT2D eigenvalue weighted by Crippen LogP contribution is -2.47. The van der Waals surface area contributed by atoms with E-state index in [9.17, 15) is 27.6 Å². The molecule has 0 aromatic heterocycles. The Morgan fingerprint density at radius 1 is 1.11 bits per heavy atom. The third-order valence-corrected chi connectivity index (χ3v) is 7.53. The summed E-state index contributed by atoms with van der Waals surface area (Å²) in [7, 11) is 0. The lowest BCUT2D eigenvalue weighted by Gasteiger charge is -2.26. The SMILES string of the molecule is Cc1ccccc1C1=N[C@H](NC(=O)[C@H](CCC(F)(F)F)[C@H](CC2CC2)C(N)=O)C(=O)Cc2c(Cl)cccc21. The van der Waals surface area contributed by atoms with Gasteiger partial charge in [-0.15, -0.1) is 0 Å². The number of benzene rings is 2. The van der Waals surface area contributed by atoms with Crippen molar-refractivity contribution in [3.63, 3.8) is 0 Å². The van der Waals surface area contributed by atoms with Crippen LogP contribution in [0, 0.1) is 24.7 Å². The van der Waals surface area contributed by atoms with Crippen LogP contribution in [0.5, 0.6) is 0 Å². The van der Waals surface area contributed by atoms with Crippen LogP contribution in [0.15, 0.2) is 47.5 Å². The van der Waals surface area contributed by atoms with Crippen LogP contribution in [-0.2, 0) is 20.8 Å². The number of aryl methyl sites for hydroxylation is 1. The summed E-state index contributed by atoms with van der Waals surface area (Å²) in [5, 5.41) is 2.92. The highest BCUT2D eigenvalue weighted by molar-refractivity contribution is 6.32. The molecule has 0 spiro atoms. The second kappa shape index (κ2) is 11.3. The number of alkyl halides is 3. The third-order valence-electron chi connectivity index (χ3n) is 7.18. The molecule has 6 nitrogen and oxygen atoms in total. The number of hydrogen-bond acceptors (Lipinski definition) is 4. The lowest BCUT2D eigenvalue weighted by molar-refractivity contribution is -0.146. The monoisotopic (exact) mass is 547 g/mol. The molecule has 0 bridgehead atoms. The van der Waals surface area contributed by atoms with Gasteiger partial charge in [-0.05, 0) is 42.9 Å². The first-order chi connectivity index (χ1) is 17.9. The van der Waals surface area contributed by atoms with Crippen molar-refractivity contribution < 1.29 is 27.6 Å². The first kappa shape index (κ1) is 27.8. The number of carbonyl (C=O) groups is 3. The normalized spacial score (nSPS) is 19.1. The second-order valence-electron chi connectivity index (χ2n) is 10.1. The number of amides is 2. The molecule has 1 aliphatic carbocycles. The summed E-state index contributed by atoms with van der Waals surface area (Å²) in [5.41, 5.74) is 8.78. The molecular formula is C28H29ClF3N3O3. The van der Waals surface area contributed by atoms with Crippen LogP contribution < -0.4 is 11.1 Å². The van der Waals surface area contributed by atoms with Gasteiger partial charge in [0.05, 0.1) is 5.71 Å². The van der Waals surface area contributed by atoms with Gasteiger partial charge in [0.15, 0.2) is 11.9 Å². The number of aliphatic imine (C=N–C) groups is 1. The van der Waals surface area contributed by atoms with Crippen molar-refractivity contribution in [2.75, 3.05) is 0 Å². The molecular weight excluding hydrogens is 519 g/mol. The molecule has 4 rings (SSSR count). The molecule has 0 radical (unpaired) electrons. The summed E-state index contributed by atoms with van der Waals surface area (Å²) in [6, 6.07) is 12.6. The van der Waals surface area contributed by atoms with Crippen molar-refractivity contribution in [2.24, 2.45) is 28.5 Å². The fraction of sp³-hybridized carbons (Fsp3) is 0.429. The summed E-state index contributed by atoms with van der Waals surface area (Å²) in [6.45, 7) is 1.88. The number of Topliss-reactive ketones (excluding diaryl/α,β-unsaturated/α-hetero) is 1. The van der Waals surface area contributed by atoms with E-state index in [1.54, 1.807) is 18.2 Å². The Balaban J connectivity index is 1.70. The maximum Gasteiger partial charge on any atom is 0.389 e. The number of hydrogen-bond donors (Lipinski definition) is 2. The Labute approximate surface area is 223 Å². The van der Waals surface area contributed by atoms with Crippen LogP contribution in [0.4, 0.5) is 13.2 Å². The molecule has 2 aromatic rings. The van der Waals surface area contributed by atoms with E-state index in [0.717, 1.165) is 24.0 Å². The van der Waals surface area contributed by atoms with E-state index in [0.29, 0.717) is 21.9 Å². The molecule has 1 heterocycles. The predicted molar refractivity (Wildman–Crippen MR) is 138 cm³/mol. The van der Waals surface area contributed by atoms with E-state index in [1.165, 1.54) is 0 Å². The Morgan fingerprint density at radius 2 is 1.79 bits per heavy atom. The highest BCUT2D eigenvalue weighted by Crippen LogP contribution is 2.39. The van der Waals surface area contributed by atoms with Gasteiger partial charge in [0.25, 0.3) is 0 Å². The van der Waals surface area contributed by atoms with Crippen molar-refractivity contribution in [1.82, 2.24) is 5.32 Å². The van der Waals surface area contributed by atoms with Gasteiger partial charge < -0.3 is 11.1 Å². The minimum Gasteiger partial charge on any atom is -0.369 e. The van der Waals surface area contributed by atoms with Gasteiger partial charge in [-0.3, -0.25) is 19.4 Å². The number of primary amides is 1. The van der Waals surface area contributed by atoms with Crippen molar-refractivity contribution in [1.29, 1.82) is 0 Å². The average Bonchev–Trinajstić information content (AvgIpc) is 3.67. The summed E-state index contributed by atoms with van der Waals surface area (Å²) in [5.74, 6) is -4.40. The van der Waals surface area contributed by atoms with Crippen LogP contribution in [-0.4, -0.2) is 35.7 Å². The molecule has 1 fully saturated rings. The first-order valence-corrected chi connectivity index (χ1v) is 12.9. The fourth-order valence-electron chi connectivity index (χ4n) is 4.94. The minimum absolute atomic E-state index is 0.132. The number of halogens is 4. The third kappa shape index (κ3) is 6.62. The zero-order chi connectivity index (χ0) is 27.6. The number of ketones is 1. The lowest BCUT2D eigenvalue weighted by atomic mass is 9.83. The number of nitrogens with two attached hydrogens (primary N) is 1. The molecule has 2 aromatic carbocycles. The number of fused-ring (bicyclic) bond motifs is 1. The molecule has 1 saturated carbocycles. The Bertz CT molecular complexity index is 1270. The number of nitrogens with zero attached hydrogens (tertiary/aromatic N) is 1. The Morgan fingerprint density at radius 3 is 2.42 bits per heavy atom. The standard InChI is InChI=1S/C28H29ClF3N3O3/c1-15-5-2-3-6-17(15)24-18-7-4-8-22(29)20(18)14-23(36)26(34-24)35-27(38)19(11-12-28(30,31)32)21(25(33)37)13-16-9-10-16/h2-8,16,19,21,26H,9-14H2,1H3,(H2,33,37)(H,35,38)/t19-,21+,26-/m1/s1. The molecule has 202 valence electrons. The van der Waals surface area contributed by atoms with E-state index in [1.807, 2.05) is 31.2 Å². The second-order valence-corrected chi connectivity index (χ2v) is 10.5. The number of carbonyl (C=O) groups excluding carboxylic acids is 3. The van der Waals surface area contributed by atoms with Crippen LogP contribution in [0.2, 0.25) is 5.02 Å². The molecule has 0 saturated heterocycles. The van der Waals surface area contributed by atoms with Crippen molar-refractivity contribution in [3.8, 4) is 0 Å². The average molecular weight is 548 g/mol. The Kier molecular flexibility index (Phi) is 8.25. The highest BCUT2D eigenvalue weighted by Gasteiger charge is 2.41. The summed E-state index contributed by atoms with van der Waals surface area (Å²) < 4.78 is 39.4. The maximum absolute atomic E-state index is 13.5. The summed E-state index contributed by atoms with van der Waals surface area (Å²) in [4.78, 5) is 43.6. The smallest absolute Gasteiger partial charge is 0.369 e. The van der Waals surface area contributed by atoms with E-state index >= 15 is 0 Å². The van der Waals surface area contributed by atoms with Gasteiger partial charge in [-0.2, -0.15) is 13.2 Å². The molecule has 3 N–H and O–H groups in total. The molecule has 38 heavy (non-hydrogen) atoms. The number of rotatable bonds is 9. The predicted octanol–water partition coefficient (Wildman–Crippen LogP) is 4.91. The van der Waals surface area contributed by atoms with Crippen molar-refractivity contribution in [3.05, 3.63) is 69.7 Å². The largest absolute Gasteiger partial charge is 0.389 e. The van der Waals surface area contributed by atoms with E-state index < -0.39 is 54.6 Å². The molecule has 1 aliphatic heterocycles. The quantitative estimate of drug-likeness (QED) is 0.466.